The molecule has 28 heavy (non-hydrogen) atoms. The second kappa shape index (κ2) is 8.25. The van der Waals surface area contributed by atoms with Crippen molar-refractivity contribution >= 4 is 17.5 Å². The maximum Gasteiger partial charge on any atom is 0.354 e. The number of tetrazole rings is 1. The van der Waals surface area contributed by atoms with Gasteiger partial charge in [0, 0.05) is 24.4 Å². The van der Waals surface area contributed by atoms with E-state index in [0.29, 0.717) is 0 Å². The lowest BCUT2D eigenvalue weighted by atomic mass is 10.2. The van der Waals surface area contributed by atoms with Gasteiger partial charge in [0.2, 0.25) is 5.82 Å². The molecular weight excluding hydrogens is 369 g/mol. The Hall–Kier alpha value is -3.82. The van der Waals surface area contributed by atoms with Crippen molar-refractivity contribution in [1.82, 2.24) is 25.2 Å². The van der Waals surface area contributed by atoms with E-state index in [1.54, 1.807) is 19.1 Å². The van der Waals surface area contributed by atoms with Crippen molar-refractivity contribution in [2.75, 3.05) is 6.61 Å². The fraction of sp³-hybridized carbons (Fsp3) is 0.167. The minimum absolute atomic E-state index is 0.135. The monoisotopic (exact) mass is 385 g/mol. The van der Waals surface area contributed by atoms with E-state index in [0.717, 1.165) is 11.6 Å². The molecular formula is C18H16FN5O4. The van der Waals surface area contributed by atoms with E-state index in [1.807, 2.05) is 0 Å². The van der Waals surface area contributed by atoms with E-state index >= 15 is 0 Å². The van der Waals surface area contributed by atoms with Gasteiger partial charge in [-0.25, -0.2) is 9.18 Å². The average Bonchev–Trinajstić information content (AvgIpc) is 3.34. The number of ketones is 1. The maximum atomic E-state index is 13.1. The molecule has 3 rings (SSSR count). The molecule has 2 N–H and O–H groups in total. The van der Waals surface area contributed by atoms with Crippen LogP contribution in [0, 0.1) is 5.82 Å². The van der Waals surface area contributed by atoms with Crippen molar-refractivity contribution in [1.29, 1.82) is 0 Å². The lowest BCUT2D eigenvalue weighted by Crippen LogP contribution is -2.12. The number of ether oxygens (including phenoxy) is 1. The predicted octanol–water partition coefficient (Wildman–Crippen LogP) is 2.15. The highest BCUT2D eigenvalue weighted by Gasteiger charge is 2.19. The highest BCUT2D eigenvalue weighted by Crippen LogP contribution is 2.16. The molecule has 0 saturated carbocycles. The minimum atomic E-state index is -0.602. The number of aromatic nitrogens is 5. The number of aliphatic hydroxyl groups excluding tert-OH is 1. The summed E-state index contributed by atoms with van der Waals surface area (Å²) < 4.78 is 19.7. The number of carbonyl (C=O) groups excluding carboxylic acids is 2. The summed E-state index contributed by atoms with van der Waals surface area (Å²) in [5, 5.41) is 22.5. The van der Waals surface area contributed by atoms with Gasteiger partial charge in [-0.1, -0.05) is 12.1 Å². The van der Waals surface area contributed by atoms with E-state index < -0.39 is 17.5 Å². The Morgan fingerprint density at radius 1 is 1.32 bits per heavy atom. The maximum absolute atomic E-state index is 13.1. The third-order valence-electron chi connectivity index (χ3n) is 3.77. The second-order valence-electron chi connectivity index (χ2n) is 5.72. The molecule has 0 fully saturated rings. The molecule has 0 bridgehead atoms. The summed E-state index contributed by atoms with van der Waals surface area (Å²) in [6, 6.07) is 7.13. The first-order chi connectivity index (χ1) is 13.5. The van der Waals surface area contributed by atoms with Crippen molar-refractivity contribution in [3.63, 3.8) is 0 Å². The Morgan fingerprint density at radius 3 is 2.71 bits per heavy atom. The molecule has 0 spiro atoms. The van der Waals surface area contributed by atoms with Crippen LogP contribution in [-0.2, 0) is 11.3 Å². The first kappa shape index (κ1) is 19.0. The summed E-state index contributed by atoms with van der Waals surface area (Å²) >= 11 is 0. The fourth-order valence-corrected chi connectivity index (χ4v) is 2.48. The number of aromatic amines is 1. The number of aliphatic hydroxyl groups is 1. The normalized spacial score (nSPS) is 11.4. The molecule has 9 nitrogen and oxygen atoms in total. The third kappa shape index (κ3) is 4.29. The fourth-order valence-electron chi connectivity index (χ4n) is 2.48. The van der Waals surface area contributed by atoms with Crippen LogP contribution in [0.15, 0.2) is 42.6 Å². The summed E-state index contributed by atoms with van der Waals surface area (Å²) in [5.74, 6) is -2.15. The Morgan fingerprint density at radius 2 is 2.07 bits per heavy atom. The van der Waals surface area contributed by atoms with Crippen LogP contribution in [0.1, 0.15) is 39.2 Å². The number of hydrogen-bond donors (Lipinski definition) is 2. The number of nitrogens with one attached hydrogen (secondary N) is 1. The van der Waals surface area contributed by atoms with E-state index in [9.17, 15) is 19.1 Å². The number of esters is 1. The summed E-state index contributed by atoms with van der Waals surface area (Å²) in [7, 11) is 0. The van der Waals surface area contributed by atoms with Crippen LogP contribution in [0.25, 0.3) is 5.76 Å². The quantitative estimate of drug-likeness (QED) is 0.276. The zero-order valence-electron chi connectivity index (χ0n) is 14.8. The van der Waals surface area contributed by atoms with Crippen LogP contribution in [0.5, 0.6) is 0 Å². The lowest BCUT2D eigenvalue weighted by Gasteiger charge is -2.08. The number of nitrogens with zero attached hydrogens (tertiary/aromatic N) is 4. The number of H-pyrrole nitrogens is 1. The van der Waals surface area contributed by atoms with Crippen molar-refractivity contribution < 1.29 is 23.8 Å². The van der Waals surface area contributed by atoms with Crippen molar-refractivity contribution in [3.8, 4) is 0 Å². The molecule has 0 amide bonds. The summed E-state index contributed by atoms with van der Waals surface area (Å²) in [6.07, 6.45) is 2.38. The minimum Gasteiger partial charge on any atom is -0.504 e. The van der Waals surface area contributed by atoms with Crippen LogP contribution < -0.4 is 0 Å². The Kier molecular flexibility index (Phi) is 5.58. The molecule has 0 saturated heterocycles. The van der Waals surface area contributed by atoms with Gasteiger partial charge in [-0.05, 0) is 35.9 Å². The molecule has 0 radical (unpaired) electrons. The van der Waals surface area contributed by atoms with Crippen molar-refractivity contribution in [2.24, 2.45) is 0 Å². The molecule has 0 aliphatic rings. The molecule has 3 aromatic rings. The predicted molar refractivity (Wildman–Crippen MR) is 95.0 cm³/mol. The van der Waals surface area contributed by atoms with Crippen LogP contribution in [0.4, 0.5) is 4.39 Å². The van der Waals surface area contributed by atoms with Gasteiger partial charge in [-0.3, -0.25) is 4.79 Å². The average molecular weight is 385 g/mol. The number of rotatable bonds is 7. The Bertz CT molecular complexity index is 1010. The van der Waals surface area contributed by atoms with Gasteiger partial charge in [0.1, 0.15) is 11.5 Å². The first-order valence-electron chi connectivity index (χ1n) is 8.28. The van der Waals surface area contributed by atoms with Crippen LogP contribution in [0.2, 0.25) is 0 Å². The number of hydrogen-bond acceptors (Lipinski definition) is 7. The summed E-state index contributed by atoms with van der Waals surface area (Å²) in [5.41, 5.74) is 1.04. The number of carbonyl (C=O) groups is 2. The van der Waals surface area contributed by atoms with Crippen LogP contribution >= 0.6 is 0 Å². The topological polar surface area (TPSA) is 123 Å². The zero-order chi connectivity index (χ0) is 20.1. The Labute approximate surface area is 158 Å². The molecule has 2 aromatic heterocycles. The molecule has 0 aliphatic heterocycles. The first-order valence-corrected chi connectivity index (χ1v) is 8.28. The van der Waals surface area contributed by atoms with Gasteiger partial charge in [0.25, 0.3) is 0 Å². The number of halogens is 1. The molecule has 1 aromatic carbocycles. The Balaban J connectivity index is 1.91. The van der Waals surface area contributed by atoms with Gasteiger partial charge in [-0.15, -0.1) is 10.2 Å². The third-order valence-corrected chi connectivity index (χ3v) is 3.77. The summed E-state index contributed by atoms with van der Waals surface area (Å²) in [4.78, 5) is 24.7. The molecule has 0 aliphatic carbocycles. The highest BCUT2D eigenvalue weighted by molar-refractivity contribution is 6.08. The lowest BCUT2D eigenvalue weighted by molar-refractivity contribution is 0.0514. The van der Waals surface area contributed by atoms with Gasteiger partial charge in [-0.2, -0.15) is 5.21 Å². The largest absolute Gasteiger partial charge is 0.504 e. The number of benzene rings is 1. The second-order valence-corrected chi connectivity index (χ2v) is 5.72. The van der Waals surface area contributed by atoms with Crippen molar-refractivity contribution in [2.45, 2.75) is 13.5 Å². The summed E-state index contributed by atoms with van der Waals surface area (Å²) in [6.45, 7) is 2.06. The molecule has 10 heteroatoms. The van der Waals surface area contributed by atoms with Crippen LogP contribution in [0.3, 0.4) is 0 Å². The van der Waals surface area contributed by atoms with Gasteiger partial charge >= 0.3 is 5.97 Å². The number of allylic oxidation sites excluding steroid dienone is 1. The van der Waals surface area contributed by atoms with Gasteiger partial charge in [0.05, 0.1) is 6.61 Å². The highest BCUT2D eigenvalue weighted by atomic mass is 19.1. The van der Waals surface area contributed by atoms with Gasteiger partial charge in [0.15, 0.2) is 11.5 Å². The molecule has 144 valence electrons. The molecule has 0 atom stereocenters. The van der Waals surface area contributed by atoms with Crippen LogP contribution in [-0.4, -0.2) is 48.7 Å². The SMILES string of the molecule is CCOC(=O)c1cc(C(=O)C=C(O)c2nn[nH]n2)cn1Cc1ccc(F)cc1. The van der Waals surface area contributed by atoms with E-state index in [2.05, 4.69) is 20.6 Å². The van der Waals surface area contributed by atoms with E-state index in [4.69, 9.17) is 4.74 Å². The molecule has 2 heterocycles. The smallest absolute Gasteiger partial charge is 0.354 e. The van der Waals surface area contributed by atoms with E-state index in [-0.39, 0.29) is 36.1 Å². The molecule has 0 unspecified atom stereocenters. The zero-order valence-corrected chi connectivity index (χ0v) is 14.8. The van der Waals surface area contributed by atoms with E-state index in [1.165, 1.54) is 29.0 Å². The standard InChI is InChI=1S/C18H16FN5O4/c1-2-28-18(27)14-7-12(15(25)8-16(26)17-20-22-23-21-17)10-24(14)9-11-3-5-13(19)6-4-11/h3-8,10,26H,2,9H2,1H3,(H,20,21,22,23). The van der Waals surface area contributed by atoms with Gasteiger partial charge < -0.3 is 14.4 Å². The van der Waals surface area contributed by atoms with Crippen molar-refractivity contribution in [3.05, 3.63) is 71.1 Å².